The molecule has 1 unspecified atom stereocenters. The van der Waals surface area contributed by atoms with Crippen molar-refractivity contribution in [1.82, 2.24) is 9.21 Å². The van der Waals surface area contributed by atoms with Crippen molar-refractivity contribution in [3.8, 4) is 5.75 Å². The summed E-state index contributed by atoms with van der Waals surface area (Å²) in [5.74, 6) is -1.50. The van der Waals surface area contributed by atoms with Crippen LogP contribution in [-0.2, 0) is 14.8 Å². The molecule has 2 heterocycles. The molecule has 0 spiro atoms. The van der Waals surface area contributed by atoms with Crippen LogP contribution in [0, 0.1) is 11.6 Å². The van der Waals surface area contributed by atoms with Gasteiger partial charge in [-0.3, -0.25) is 4.90 Å². The third-order valence-electron chi connectivity index (χ3n) is 5.14. The first kappa shape index (κ1) is 21.4. The fraction of sp³-hybridized carbons (Fsp3) is 0.667. The zero-order chi connectivity index (χ0) is 20.4. The summed E-state index contributed by atoms with van der Waals surface area (Å²) >= 11 is 0. The molecule has 1 N–H and O–H groups in total. The van der Waals surface area contributed by atoms with Crippen LogP contribution < -0.4 is 4.74 Å². The summed E-state index contributed by atoms with van der Waals surface area (Å²) in [6.07, 6.45) is 2.54. The van der Waals surface area contributed by atoms with Crippen molar-refractivity contribution in [3.63, 3.8) is 0 Å². The highest BCUT2D eigenvalue weighted by Gasteiger charge is 2.37. The fourth-order valence-corrected chi connectivity index (χ4v) is 4.59. The molecule has 2 aliphatic rings. The summed E-state index contributed by atoms with van der Waals surface area (Å²) in [7, 11) is -3.20. The number of β-amino-alcohol motifs (C(OH)–C–C–N with tert-alkyl or cyclic N) is 1. The lowest BCUT2D eigenvalue weighted by molar-refractivity contribution is -0.0685. The molecular weight excluding hydrogens is 394 g/mol. The molecule has 0 aliphatic carbocycles. The number of halogens is 2. The van der Waals surface area contributed by atoms with Crippen LogP contribution in [0.25, 0.3) is 0 Å². The van der Waals surface area contributed by atoms with Gasteiger partial charge in [0, 0.05) is 50.4 Å². The first-order valence-electron chi connectivity index (χ1n) is 9.23. The van der Waals surface area contributed by atoms with E-state index in [9.17, 15) is 22.3 Å². The standard InChI is InChI=1S/C18H26F2N2O5S/c1-28(24,25)22-4-2-16(3-5-22)21-6-7-26-12-18(23,11-21)13-27-17-9-14(19)8-15(20)10-17/h8-10,16,23H,2-7,11-13H2,1H3. The van der Waals surface area contributed by atoms with E-state index in [1.807, 2.05) is 0 Å². The Kier molecular flexibility index (Phi) is 6.55. The van der Waals surface area contributed by atoms with Gasteiger partial charge in [0.15, 0.2) is 0 Å². The predicted molar refractivity (Wildman–Crippen MR) is 98.6 cm³/mol. The van der Waals surface area contributed by atoms with E-state index < -0.39 is 27.3 Å². The van der Waals surface area contributed by atoms with Crippen molar-refractivity contribution < 1.29 is 31.8 Å². The highest BCUT2D eigenvalue weighted by atomic mass is 32.2. The second-order valence-electron chi connectivity index (χ2n) is 7.53. The maximum Gasteiger partial charge on any atom is 0.211 e. The van der Waals surface area contributed by atoms with Gasteiger partial charge >= 0.3 is 0 Å². The molecule has 0 amide bonds. The number of nitrogens with zero attached hydrogens (tertiary/aromatic N) is 2. The quantitative estimate of drug-likeness (QED) is 0.760. The minimum atomic E-state index is -3.20. The summed E-state index contributed by atoms with van der Waals surface area (Å²) in [6, 6.07) is 2.99. The Morgan fingerprint density at radius 3 is 2.46 bits per heavy atom. The van der Waals surface area contributed by atoms with E-state index in [-0.39, 0.29) is 31.5 Å². The minimum absolute atomic E-state index is 0.00295. The largest absolute Gasteiger partial charge is 0.490 e. The van der Waals surface area contributed by atoms with Crippen LogP contribution >= 0.6 is 0 Å². The van der Waals surface area contributed by atoms with Crippen LogP contribution in [0.15, 0.2) is 18.2 Å². The molecule has 28 heavy (non-hydrogen) atoms. The number of ether oxygens (including phenoxy) is 2. The number of hydrogen-bond acceptors (Lipinski definition) is 6. The van der Waals surface area contributed by atoms with Crippen molar-refractivity contribution >= 4 is 10.0 Å². The monoisotopic (exact) mass is 420 g/mol. The van der Waals surface area contributed by atoms with Crippen LogP contribution in [0.1, 0.15) is 12.8 Å². The van der Waals surface area contributed by atoms with Gasteiger partial charge in [-0.05, 0) is 12.8 Å². The van der Waals surface area contributed by atoms with E-state index >= 15 is 0 Å². The average Bonchev–Trinajstić information content (AvgIpc) is 2.81. The SMILES string of the molecule is CS(=O)(=O)N1CCC(N2CCOCC(O)(COc3cc(F)cc(F)c3)C2)CC1. The summed E-state index contributed by atoms with van der Waals surface area (Å²) < 4.78 is 62.4. The molecule has 7 nitrogen and oxygen atoms in total. The normalized spacial score (nSPS) is 26.1. The summed E-state index contributed by atoms with van der Waals surface area (Å²) in [5.41, 5.74) is -1.34. The summed E-state index contributed by atoms with van der Waals surface area (Å²) in [4.78, 5) is 2.09. The van der Waals surface area contributed by atoms with Crippen molar-refractivity contribution in [2.45, 2.75) is 24.5 Å². The van der Waals surface area contributed by atoms with Gasteiger partial charge in [-0.15, -0.1) is 0 Å². The first-order chi connectivity index (χ1) is 13.1. The number of aliphatic hydroxyl groups is 1. The molecule has 1 aromatic carbocycles. The van der Waals surface area contributed by atoms with E-state index in [0.29, 0.717) is 39.1 Å². The van der Waals surface area contributed by atoms with E-state index in [1.54, 1.807) is 0 Å². The lowest BCUT2D eigenvalue weighted by Gasteiger charge is -2.39. The summed E-state index contributed by atoms with van der Waals surface area (Å²) in [5, 5.41) is 10.9. The average molecular weight is 420 g/mol. The van der Waals surface area contributed by atoms with Gasteiger partial charge in [-0.1, -0.05) is 0 Å². The number of benzene rings is 1. The number of sulfonamides is 1. The zero-order valence-electron chi connectivity index (χ0n) is 15.8. The number of hydrogen-bond donors (Lipinski definition) is 1. The molecule has 2 aliphatic heterocycles. The molecule has 10 heteroatoms. The first-order valence-corrected chi connectivity index (χ1v) is 11.1. The van der Waals surface area contributed by atoms with Crippen LogP contribution in [0.2, 0.25) is 0 Å². The lowest BCUT2D eigenvalue weighted by Crippen LogP contribution is -2.54. The van der Waals surface area contributed by atoms with Gasteiger partial charge in [0.2, 0.25) is 10.0 Å². The van der Waals surface area contributed by atoms with Gasteiger partial charge < -0.3 is 14.6 Å². The minimum Gasteiger partial charge on any atom is -0.490 e. The Balaban J connectivity index is 1.61. The van der Waals surface area contributed by atoms with Crippen LogP contribution in [0.4, 0.5) is 8.78 Å². The van der Waals surface area contributed by atoms with Crippen molar-refractivity contribution in [2.24, 2.45) is 0 Å². The Hall–Kier alpha value is -1.33. The molecule has 2 saturated heterocycles. The molecule has 1 atom stereocenters. The highest BCUT2D eigenvalue weighted by molar-refractivity contribution is 7.88. The molecule has 0 saturated carbocycles. The van der Waals surface area contributed by atoms with Crippen LogP contribution in [0.5, 0.6) is 5.75 Å². The molecule has 3 rings (SSSR count). The third-order valence-corrected chi connectivity index (χ3v) is 6.45. The summed E-state index contributed by atoms with van der Waals surface area (Å²) in [6.45, 7) is 2.08. The van der Waals surface area contributed by atoms with Crippen LogP contribution in [0.3, 0.4) is 0 Å². The third kappa shape index (κ3) is 5.60. The Bertz CT molecular complexity index is 766. The van der Waals surface area contributed by atoms with E-state index in [4.69, 9.17) is 9.47 Å². The van der Waals surface area contributed by atoms with E-state index in [2.05, 4.69) is 4.90 Å². The van der Waals surface area contributed by atoms with E-state index in [1.165, 1.54) is 10.6 Å². The van der Waals surface area contributed by atoms with Gasteiger partial charge in [0.05, 0.1) is 19.5 Å². The molecule has 1 aromatic rings. The second-order valence-corrected chi connectivity index (χ2v) is 9.52. The molecule has 0 bridgehead atoms. The van der Waals surface area contributed by atoms with Crippen molar-refractivity contribution in [2.75, 3.05) is 52.3 Å². The Morgan fingerprint density at radius 1 is 1.21 bits per heavy atom. The Morgan fingerprint density at radius 2 is 1.86 bits per heavy atom. The molecule has 2 fully saturated rings. The van der Waals surface area contributed by atoms with Gasteiger partial charge in [0.1, 0.15) is 29.6 Å². The smallest absolute Gasteiger partial charge is 0.211 e. The van der Waals surface area contributed by atoms with Crippen molar-refractivity contribution in [3.05, 3.63) is 29.8 Å². The highest BCUT2D eigenvalue weighted by Crippen LogP contribution is 2.24. The molecular formula is C18H26F2N2O5S. The van der Waals surface area contributed by atoms with Gasteiger partial charge in [-0.2, -0.15) is 0 Å². The van der Waals surface area contributed by atoms with Crippen LogP contribution in [-0.4, -0.2) is 86.6 Å². The fourth-order valence-electron chi connectivity index (χ4n) is 3.71. The molecule has 158 valence electrons. The molecule has 0 radical (unpaired) electrons. The lowest BCUT2D eigenvalue weighted by atomic mass is 10.0. The molecule has 0 aromatic heterocycles. The maximum atomic E-state index is 13.3. The number of rotatable bonds is 5. The topological polar surface area (TPSA) is 79.3 Å². The Labute approximate surface area is 163 Å². The van der Waals surface area contributed by atoms with Crippen molar-refractivity contribution in [1.29, 1.82) is 0 Å². The van der Waals surface area contributed by atoms with Gasteiger partial charge in [0.25, 0.3) is 0 Å². The van der Waals surface area contributed by atoms with Gasteiger partial charge in [-0.25, -0.2) is 21.5 Å². The van der Waals surface area contributed by atoms with E-state index in [0.717, 1.165) is 18.2 Å². The zero-order valence-corrected chi connectivity index (χ0v) is 16.6. The number of piperidine rings is 1. The maximum absolute atomic E-state index is 13.3. The second kappa shape index (κ2) is 8.58. The predicted octanol–water partition coefficient (Wildman–Crippen LogP) is 0.831.